The molecular formula is C30H48O2. The lowest BCUT2D eigenvalue weighted by Crippen LogP contribution is -2.50. The number of hydrogen-bond acceptors (Lipinski definition) is 2. The highest BCUT2D eigenvalue weighted by Gasteiger charge is 2.59. The molecule has 7 atom stereocenters. The molecule has 0 aromatic carbocycles. The van der Waals surface area contributed by atoms with E-state index < -0.39 is 0 Å². The highest BCUT2D eigenvalue weighted by molar-refractivity contribution is 5.68. The first-order valence-corrected chi connectivity index (χ1v) is 13.7. The topological polar surface area (TPSA) is 26.3 Å². The summed E-state index contributed by atoms with van der Waals surface area (Å²) in [6.07, 6.45) is 15.8. The molecule has 0 amide bonds. The number of fused-ring (bicyclic) bond motifs is 5. The Hall–Kier alpha value is -1.05. The van der Waals surface area contributed by atoms with Crippen LogP contribution in [0.3, 0.4) is 0 Å². The minimum absolute atomic E-state index is 0.176. The van der Waals surface area contributed by atoms with Gasteiger partial charge in [-0.05, 0) is 103 Å². The summed E-state index contributed by atoms with van der Waals surface area (Å²) in [6, 6.07) is 0. The van der Waals surface area contributed by atoms with Crippen LogP contribution in [-0.2, 0) is 9.53 Å². The van der Waals surface area contributed by atoms with Crippen molar-refractivity contribution in [3.05, 3.63) is 23.0 Å². The molecule has 180 valence electrons. The van der Waals surface area contributed by atoms with E-state index in [4.69, 9.17) is 4.74 Å². The molecule has 0 aromatic heterocycles. The third kappa shape index (κ3) is 4.03. The first-order valence-electron chi connectivity index (χ1n) is 13.7. The smallest absolute Gasteiger partial charge is 0.307 e. The average molecular weight is 441 g/mol. The summed E-state index contributed by atoms with van der Waals surface area (Å²) in [6.45, 7) is 16.2. The van der Waals surface area contributed by atoms with Crippen molar-refractivity contribution in [2.24, 2.45) is 46.3 Å². The minimum Gasteiger partial charge on any atom is -0.431 e. The Morgan fingerprint density at radius 1 is 1.09 bits per heavy atom. The molecule has 2 nitrogen and oxygen atoms in total. The highest BCUT2D eigenvalue weighted by atomic mass is 16.5. The molecular weight excluding hydrogens is 392 g/mol. The summed E-state index contributed by atoms with van der Waals surface area (Å²) in [4.78, 5) is 11.6. The second-order valence-corrected chi connectivity index (χ2v) is 12.8. The Kier molecular flexibility index (Phi) is 6.74. The molecule has 0 aromatic rings. The van der Waals surface area contributed by atoms with Crippen molar-refractivity contribution in [3.63, 3.8) is 0 Å². The van der Waals surface area contributed by atoms with Crippen LogP contribution in [0.5, 0.6) is 0 Å². The van der Waals surface area contributed by atoms with Gasteiger partial charge in [0.1, 0.15) is 5.76 Å². The monoisotopic (exact) mass is 440 g/mol. The molecule has 0 N–H and O–H groups in total. The van der Waals surface area contributed by atoms with Crippen LogP contribution < -0.4 is 0 Å². The molecule has 2 fully saturated rings. The zero-order valence-corrected chi connectivity index (χ0v) is 21.9. The van der Waals surface area contributed by atoms with Gasteiger partial charge >= 0.3 is 5.97 Å². The van der Waals surface area contributed by atoms with Crippen LogP contribution >= 0.6 is 0 Å². The van der Waals surface area contributed by atoms with E-state index in [9.17, 15) is 4.79 Å². The number of allylic oxidation sites excluding steroid dienone is 4. The van der Waals surface area contributed by atoms with E-state index in [1.54, 1.807) is 0 Å². The molecule has 4 aliphatic rings. The summed E-state index contributed by atoms with van der Waals surface area (Å²) in [5.41, 5.74) is 3.56. The van der Waals surface area contributed by atoms with E-state index in [-0.39, 0.29) is 11.4 Å². The van der Waals surface area contributed by atoms with E-state index in [1.165, 1.54) is 69.4 Å². The molecule has 0 aliphatic heterocycles. The van der Waals surface area contributed by atoms with E-state index >= 15 is 0 Å². The molecule has 0 radical (unpaired) electrons. The van der Waals surface area contributed by atoms with Crippen LogP contribution in [-0.4, -0.2) is 5.97 Å². The third-order valence-corrected chi connectivity index (χ3v) is 10.6. The lowest BCUT2D eigenvalue weighted by Gasteiger charge is -2.58. The van der Waals surface area contributed by atoms with Crippen molar-refractivity contribution in [1.82, 2.24) is 0 Å². The molecule has 4 aliphatic carbocycles. The summed E-state index contributed by atoms with van der Waals surface area (Å²) in [7, 11) is 0. The Balaban J connectivity index is 1.53. The van der Waals surface area contributed by atoms with Gasteiger partial charge in [-0.3, -0.25) is 4.79 Å². The van der Waals surface area contributed by atoms with Gasteiger partial charge in [-0.1, -0.05) is 60.0 Å². The van der Waals surface area contributed by atoms with Crippen LogP contribution in [0.15, 0.2) is 23.0 Å². The fourth-order valence-electron chi connectivity index (χ4n) is 9.03. The fraction of sp³-hybridized carbons (Fsp3) is 0.833. The van der Waals surface area contributed by atoms with Crippen LogP contribution in [0, 0.1) is 46.3 Å². The number of ether oxygens (including phenoxy) is 1. The standard InChI is InChI=1S/C30H48O2/c1-19(2)9-8-10-20(3)24-13-14-26-23-11-12-25-21(4)28(32-22(5)31)16-18-30(25,7)27(23)15-17-29(24,26)6/h12,19-20,23-24,26-27H,8-11,13-18H2,1-7H3/t20-,23+,24-,26+,27+,29+,30-/m0/s1. The molecule has 0 bridgehead atoms. The van der Waals surface area contributed by atoms with Gasteiger partial charge in [-0.15, -0.1) is 0 Å². The van der Waals surface area contributed by atoms with E-state index in [1.807, 2.05) is 0 Å². The summed E-state index contributed by atoms with van der Waals surface area (Å²) < 4.78 is 5.61. The Morgan fingerprint density at radius 2 is 1.84 bits per heavy atom. The predicted octanol–water partition coefficient (Wildman–Crippen LogP) is 8.47. The van der Waals surface area contributed by atoms with Crippen molar-refractivity contribution in [2.45, 2.75) is 113 Å². The van der Waals surface area contributed by atoms with Crippen LogP contribution in [0.2, 0.25) is 0 Å². The quantitative estimate of drug-likeness (QED) is 0.387. The first-order chi connectivity index (χ1) is 15.1. The normalized spacial score (nSPS) is 39.8. The van der Waals surface area contributed by atoms with Crippen molar-refractivity contribution in [1.29, 1.82) is 0 Å². The van der Waals surface area contributed by atoms with Crippen LogP contribution in [0.4, 0.5) is 0 Å². The van der Waals surface area contributed by atoms with Crippen molar-refractivity contribution >= 4 is 5.97 Å². The number of carbonyl (C=O) groups excluding carboxylic acids is 1. The predicted molar refractivity (Wildman–Crippen MR) is 133 cm³/mol. The van der Waals surface area contributed by atoms with Crippen molar-refractivity contribution in [2.75, 3.05) is 0 Å². The Morgan fingerprint density at radius 3 is 2.53 bits per heavy atom. The second kappa shape index (κ2) is 8.95. The van der Waals surface area contributed by atoms with E-state index in [2.05, 4.69) is 47.6 Å². The third-order valence-electron chi connectivity index (χ3n) is 10.6. The summed E-state index contributed by atoms with van der Waals surface area (Å²) in [5, 5.41) is 0. The van der Waals surface area contributed by atoms with Gasteiger partial charge in [0.25, 0.3) is 0 Å². The Bertz CT molecular complexity index is 789. The molecule has 4 rings (SSSR count). The molecule has 2 heteroatoms. The SMILES string of the molecule is CC(=O)OC1=C(C)C2=CC[C@@H]3[C@H]4CC[C@@H]([C@@H](C)CCCC(C)C)[C@@]4(C)CC[C@H]3[C@@]2(C)CC1. The highest BCUT2D eigenvalue weighted by Crippen LogP contribution is 2.67. The van der Waals surface area contributed by atoms with Gasteiger partial charge in [-0.2, -0.15) is 0 Å². The largest absolute Gasteiger partial charge is 0.431 e. The number of rotatable bonds is 6. The maximum absolute atomic E-state index is 11.6. The van der Waals surface area contributed by atoms with Crippen molar-refractivity contribution in [3.8, 4) is 0 Å². The lowest BCUT2D eigenvalue weighted by molar-refractivity contribution is -0.137. The van der Waals surface area contributed by atoms with Gasteiger partial charge < -0.3 is 4.74 Å². The van der Waals surface area contributed by atoms with Gasteiger partial charge in [0.05, 0.1) is 0 Å². The van der Waals surface area contributed by atoms with E-state index in [0.29, 0.717) is 5.41 Å². The van der Waals surface area contributed by atoms with Crippen molar-refractivity contribution < 1.29 is 9.53 Å². The van der Waals surface area contributed by atoms with Gasteiger partial charge in [0.15, 0.2) is 0 Å². The maximum atomic E-state index is 11.6. The van der Waals surface area contributed by atoms with Gasteiger partial charge in [0, 0.05) is 13.3 Å². The lowest BCUT2D eigenvalue weighted by atomic mass is 9.47. The van der Waals surface area contributed by atoms with Crippen LogP contribution in [0.25, 0.3) is 0 Å². The average Bonchev–Trinajstić information content (AvgIpc) is 3.07. The minimum atomic E-state index is -0.176. The van der Waals surface area contributed by atoms with Gasteiger partial charge in [-0.25, -0.2) is 0 Å². The molecule has 2 saturated carbocycles. The summed E-state index contributed by atoms with van der Waals surface area (Å²) in [5.74, 6) is 5.92. The number of hydrogen-bond donors (Lipinski definition) is 0. The first kappa shape index (κ1) is 24.1. The number of carbonyl (C=O) groups is 1. The molecule has 0 spiro atoms. The molecule has 32 heavy (non-hydrogen) atoms. The number of esters is 1. The Labute approximate surface area is 197 Å². The van der Waals surface area contributed by atoms with Crippen LogP contribution in [0.1, 0.15) is 113 Å². The van der Waals surface area contributed by atoms with E-state index in [0.717, 1.165) is 54.1 Å². The van der Waals surface area contributed by atoms with Gasteiger partial charge in [0.2, 0.25) is 0 Å². The second-order valence-electron chi connectivity index (χ2n) is 12.8. The molecule has 0 heterocycles. The molecule has 0 saturated heterocycles. The molecule has 0 unspecified atom stereocenters. The zero-order chi connectivity index (χ0) is 23.3. The summed E-state index contributed by atoms with van der Waals surface area (Å²) >= 11 is 0. The maximum Gasteiger partial charge on any atom is 0.307 e. The fourth-order valence-corrected chi connectivity index (χ4v) is 9.03. The zero-order valence-electron chi connectivity index (χ0n) is 21.9.